The summed E-state index contributed by atoms with van der Waals surface area (Å²) in [6, 6.07) is 26.4. The van der Waals surface area contributed by atoms with Gasteiger partial charge in [-0.1, -0.05) is 72.8 Å². The summed E-state index contributed by atoms with van der Waals surface area (Å²) < 4.78 is 42.6. The third-order valence-corrected chi connectivity index (χ3v) is 5.72. The number of hydrogen-bond acceptors (Lipinski definition) is 6. The van der Waals surface area contributed by atoms with Crippen LogP contribution < -0.4 is 15.6 Å². The first-order valence-electron chi connectivity index (χ1n) is 11.9. The first kappa shape index (κ1) is 29.2. The van der Waals surface area contributed by atoms with E-state index in [1.54, 1.807) is 0 Å². The van der Waals surface area contributed by atoms with Gasteiger partial charge in [-0.15, -0.1) is 0 Å². The molecule has 2 amide bonds. The summed E-state index contributed by atoms with van der Waals surface area (Å²) in [6.45, 7) is 0.673. The fourth-order valence-electron chi connectivity index (χ4n) is 3.84. The van der Waals surface area contributed by atoms with E-state index in [4.69, 9.17) is 19.4 Å². The SMILES string of the molecule is O=C([O-])C(F)(F)F.[NH3+][C@@H](Cc1cccc(OCc2ccccc2)c1)C(=O)N1C(=O)OC[C@@H]1Cc1ccccc1. The minimum Gasteiger partial charge on any atom is -0.542 e. The summed E-state index contributed by atoms with van der Waals surface area (Å²) >= 11 is 0. The third-order valence-electron chi connectivity index (χ3n) is 5.72. The van der Waals surface area contributed by atoms with Crippen molar-refractivity contribution in [2.75, 3.05) is 6.61 Å². The van der Waals surface area contributed by atoms with Crippen molar-refractivity contribution in [1.29, 1.82) is 0 Å². The Morgan fingerprint density at radius 2 is 1.54 bits per heavy atom. The number of carboxylic acid groups (broad SMARTS) is 1. The molecule has 39 heavy (non-hydrogen) atoms. The molecule has 11 heteroatoms. The number of quaternary nitrogens is 1. The number of benzene rings is 3. The molecule has 8 nitrogen and oxygen atoms in total. The van der Waals surface area contributed by atoms with E-state index in [9.17, 15) is 22.8 Å². The van der Waals surface area contributed by atoms with E-state index in [0.29, 0.717) is 19.4 Å². The minimum atomic E-state index is -5.19. The Morgan fingerprint density at radius 3 is 2.13 bits per heavy atom. The van der Waals surface area contributed by atoms with E-state index < -0.39 is 24.3 Å². The van der Waals surface area contributed by atoms with Crippen LogP contribution in [0.1, 0.15) is 16.7 Å². The lowest BCUT2D eigenvalue weighted by atomic mass is 10.0. The van der Waals surface area contributed by atoms with E-state index in [1.165, 1.54) is 4.90 Å². The summed E-state index contributed by atoms with van der Waals surface area (Å²) in [5.74, 6) is -2.59. The number of alkyl halides is 3. The average molecular weight is 545 g/mol. The van der Waals surface area contributed by atoms with Gasteiger partial charge in [0.15, 0.2) is 6.04 Å². The van der Waals surface area contributed by atoms with Crippen LogP contribution in [0.2, 0.25) is 0 Å². The smallest absolute Gasteiger partial charge is 0.430 e. The monoisotopic (exact) mass is 544 g/mol. The first-order chi connectivity index (χ1) is 18.5. The number of hydrogen-bond donors (Lipinski definition) is 1. The molecule has 1 aliphatic heterocycles. The van der Waals surface area contributed by atoms with E-state index >= 15 is 0 Å². The quantitative estimate of drug-likeness (QED) is 0.464. The molecule has 1 aliphatic rings. The van der Waals surface area contributed by atoms with Gasteiger partial charge in [0.2, 0.25) is 0 Å². The number of carboxylic acids is 1. The molecule has 3 aromatic rings. The number of amides is 2. The molecule has 0 aromatic heterocycles. The maximum absolute atomic E-state index is 13.1. The molecule has 0 unspecified atom stereocenters. The van der Waals surface area contributed by atoms with Crippen molar-refractivity contribution in [3.05, 3.63) is 102 Å². The number of aliphatic carboxylic acids is 1. The number of rotatable bonds is 8. The van der Waals surface area contributed by atoms with Crippen LogP contribution >= 0.6 is 0 Å². The van der Waals surface area contributed by atoms with Crippen molar-refractivity contribution < 1.29 is 47.9 Å². The van der Waals surface area contributed by atoms with Crippen LogP contribution in [0.4, 0.5) is 18.0 Å². The number of carbonyl (C=O) groups excluding carboxylic acids is 3. The van der Waals surface area contributed by atoms with Crippen LogP contribution in [0.25, 0.3) is 0 Å². The molecule has 0 saturated carbocycles. The predicted octanol–water partition coefficient (Wildman–Crippen LogP) is 2.31. The molecule has 0 bridgehead atoms. The van der Waals surface area contributed by atoms with Gasteiger partial charge in [0, 0.05) is 6.42 Å². The fourth-order valence-corrected chi connectivity index (χ4v) is 3.84. The van der Waals surface area contributed by atoms with E-state index in [1.807, 2.05) is 84.9 Å². The lowest BCUT2D eigenvalue weighted by molar-refractivity contribution is -0.404. The molecule has 0 aliphatic carbocycles. The number of nitrogens with zero attached hydrogens (tertiary/aromatic N) is 1. The lowest BCUT2D eigenvalue weighted by Gasteiger charge is -2.21. The van der Waals surface area contributed by atoms with Crippen LogP contribution in [-0.2, 0) is 33.8 Å². The highest BCUT2D eigenvalue weighted by molar-refractivity contribution is 5.95. The Bertz CT molecular complexity index is 1250. The van der Waals surface area contributed by atoms with Crippen LogP contribution in [0.5, 0.6) is 5.75 Å². The van der Waals surface area contributed by atoms with Gasteiger partial charge >= 0.3 is 12.3 Å². The molecule has 2 atom stereocenters. The van der Waals surface area contributed by atoms with Gasteiger partial charge in [-0.3, -0.25) is 4.79 Å². The van der Waals surface area contributed by atoms with E-state index in [0.717, 1.165) is 22.4 Å². The van der Waals surface area contributed by atoms with Crippen molar-refractivity contribution in [3.8, 4) is 5.75 Å². The Kier molecular flexibility index (Phi) is 10.0. The molecule has 3 N–H and O–H groups in total. The topological polar surface area (TPSA) is 124 Å². The summed E-state index contributed by atoms with van der Waals surface area (Å²) in [4.78, 5) is 35.4. The molecule has 4 rings (SSSR count). The second kappa shape index (κ2) is 13.4. The number of halogens is 3. The standard InChI is InChI=1S/C26H26N2O4.C2HF3O2/c27-24(16-21-12-7-13-23(15-21)31-17-20-10-5-2-6-11-20)25(29)28-22(18-32-26(28)30)14-19-8-3-1-4-9-19;3-2(4,5)1(6)7/h1-13,15,22,24H,14,16-18,27H2;(H,6,7)/t22-,24-;/m0./s1. The summed E-state index contributed by atoms with van der Waals surface area (Å²) in [7, 11) is 0. The average Bonchev–Trinajstić information content (AvgIpc) is 3.27. The highest BCUT2D eigenvalue weighted by Crippen LogP contribution is 2.20. The van der Waals surface area contributed by atoms with Crippen LogP contribution in [-0.4, -0.2) is 47.7 Å². The van der Waals surface area contributed by atoms with Gasteiger partial charge in [0.1, 0.15) is 24.9 Å². The van der Waals surface area contributed by atoms with Gasteiger partial charge in [0.05, 0.1) is 6.04 Å². The molecule has 0 radical (unpaired) electrons. The second-order valence-electron chi connectivity index (χ2n) is 8.74. The van der Waals surface area contributed by atoms with Gasteiger partial charge in [0.25, 0.3) is 5.91 Å². The first-order valence-corrected chi connectivity index (χ1v) is 11.9. The Labute approximate surface area is 222 Å². The Balaban J connectivity index is 0.000000532. The van der Waals surface area contributed by atoms with Crippen molar-refractivity contribution in [2.45, 2.75) is 37.7 Å². The molecule has 206 valence electrons. The van der Waals surface area contributed by atoms with Crippen LogP contribution in [0.3, 0.4) is 0 Å². The normalized spacial score (nSPS) is 15.5. The summed E-state index contributed by atoms with van der Waals surface area (Å²) in [5.41, 5.74) is 7.10. The van der Waals surface area contributed by atoms with E-state index in [2.05, 4.69) is 5.73 Å². The summed E-state index contributed by atoms with van der Waals surface area (Å²) in [6.07, 6.45) is -4.82. The van der Waals surface area contributed by atoms with Crippen molar-refractivity contribution in [1.82, 2.24) is 4.90 Å². The second-order valence-corrected chi connectivity index (χ2v) is 8.74. The van der Waals surface area contributed by atoms with Crippen molar-refractivity contribution in [2.24, 2.45) is 0 Å². The minimum absolute atomic E-state index is 0.203. The Morgan fingerprint density at radius 1 is 0.974 bits per heavy atom. The van der Waals surface area contributed by atoms with Crippen molar-refractivity contribution in [3.63, 3.8) is 0 Å². The number of ether oxygens (including phenoxy) is 2. The number of imide groups is 1. The predicted molar refractivity (Wildman–Crippen MR) is 131 cm³/mol. The maximum Gasteiger partial charge on any atom is 0.430 e. The highest BCUT2D eigenvalue weighted by atomic mass is 19.4. The third kappa shape index (κ3) is 8.85. The van der Waals surface area contributed by atoms with Gasteiger partial charge in [-0.25, -0.2) is 9.69 Å². The lowest BCUT2D eigenvalue weighted by Crippen LogP contribution is -2.69. The molecule has 1 heterocycles. The number of carbonyl (C=O) groups is 3. The van der Waals surface area contributed by atoms with Crippen molar-refractivity contribution >= 4 is 18.0 Å². The molecule has 3 aromatic carbocycles. The molecule has 1 fully saturated rings. The zero-order chi connectivity index (χ0) is 28.4. The zero-order valence-electron chi connectivity index (χ0n) is 20.8. The summed E-state index contributed by atoms with van der Waals surface area (Å²) in [5, 5.41) is 8.78. The van der Waals surface area contributed by atoms with Gasteiger partial charge in [-0.2, -0.15) is 13.2 Å². The Hall–Kier alpha value is -4.38. The molecular formula is C28H27F3N2O6. The van der Waals surface area contributed by atoms with Gasteiger partial charge in [-0.05, 0) is 35.2 Å². The molecular weight excluding hydrogens is 517 g/mol. The number of cyclic esters (lactones) is 1. The molecule has 0 spiro atoms. The highest BCUT2D eigenvalue weighted by Gasteiger charge is 2.41. The zero-order valence-corrected chi connectivity index (χ0v) is 20.8. The fraction of sp³-hybridized carbons (Fsp3) is 0.250. The maximum atomic E-state index is 13.1. The van der Waals surface area contributed by atoms with Gasteiger partial charge < -0.3 is 25.1 Å². The van der Waals surface area contributed by atoms with Crippen LogP contribution in [0, 0.1) is 0 Å². The van der Waals surface area contributed by atoms with Crippen LogP contribution in [0.15, 0.2) is 84.9 Å². The molecule has 1 saturated heterocycles. The van der Waals surface area contributed by atoms with E-state index in [-0.39, 0.29) is 18.6 Å². The largest absolute Gasteiger partial charge is 0.542 e.